The fraction of sp³-hybridized carbons (Fsp3) is 0.476. The molecule has 0 bridgehead atoms. The van der Waals surface area contributed by atoms with Crippen molar-refractivity contribution < 1.29 is 4.79 Å². The minimum Gasteiger partial charge on any atom is -0.394 e. The van der Waals surface area contributed by atoms with Gasteiger partial charge in [0.05, 0.1) is 0 Å². The summed E-state index contributed by atoms with van der Waals surface area (Å²) in [5.41, 5.74) is 3.04. The van der Waals surface area contributed by atoms with Crippen LogP contribution in [0.25, 0.3) is 0 Å². The third-order valence-corrected chi connectivity index (χ3v) is 4.90. The number of halogens is 1. The number of rotatable bonds is 8. The molecule has 0 aliphatic rings. The lowest BCUT2D eigenvalue weighted by Crippen LogP contribution is -2.22. The Balaban J connectivity index is 3.32. The topological polar surface area (TPSA) is 29.1 Å². The summed E-state index contributed by atoms with van der Waals surface area (Å²) in [4.78, 5) is 13.0. The highest BCUT2D eigenvalue weighted by Gasteiger charge is 2.28. The molecule has 3 heteroatoms. The first-order valence-corrected chi connectivity index (χ1v) is 8.92. The number of Topliss-reactive ketones (excluding diaryl/α,β-unsaturated/α-hetero) is 1. The van der Waals surface area contributed by atoms with Crippen LogP contribution in [0.2, 0.25) is 5.02 Å². The van der Waals surface area contributed by atoms with Crippen LogP contribution in [0.1, 0.15) is 58.9 Å². The lowest BCUT2D eigenvalue weighted by atomic mass is 9.77. The molecule has 1 aromatic rings. The molecule has 1 rings (SSSR count). The number of carbonyl (C=O) groups is 1. The van der Waals surface area contributed by atoms with Crippen molar-refractivity contribution in [2.24, 2.45) is 5.41 Å². The molecule has 0 radical (unpaired) electrons. The molecule has 0 saturated heterocycles. The van der Waals surface area contributed by atoms with E-state index in [1.165, 1.54) is 0 Å². The first-order chi connectivity index (χ1) is 11.3. The van der Waals surface area contributed by atoms with Crippen molar-refractivity contribution in [3.8, 4) is 0 Å². The van der Waals surface area contributed by atoms with Crippen molar-refractivity contribution in [1.82, 2.24) is 5.32 Å². The van der Waals surface area contributed by atoms with Crippen LogP contribution < -0.4 is 5.32 Å². The van der Waals surface area contributed by atoms with E-state index >= 15 is 0 Å². The minimum atomic E-state index is -0.0557. The van der Waals surface area contributed by atoms with Crippen molar-refractivity contribution in [2.45, 2.75) is 53.4 Å². The summed E-state index contributed by atoms with van der Waals surface area (Å²) in [6.45, 7) is 10.5. The molecule has 0 amide bonds. The molecule has 132 valence electrons. The zero-order valence-corrected chi connectivity index (χ0v) is 16.5. The molecule has 0 aromatic heterocycles. The summed E-state index contributed by atoms with van der Waals surface area (Å²) in [6, 6.07) is 7.76. The van der Waals surface area contributed by atoms with Crippen molar-refractivity contribution in [1.29, 1.82) is 0 Å². The van der Waals surface area contributed by atoms with Gasteiger partial charge in [-0.05, 0) is 37.0 Å². The maximum atomic E-state index is 13.0. The van der Waals surface area contributed by atoms with Crippen LogP contribution in [0.5, 0.6) is 0 Å². The highest BCUT2D eigenvalue weighted by molar-refractivity contribution is 6.30. The van der Waals surface area contributed by atoms with Crippen molar-refractivity contribution in [3.05, 3.63) is 58.3 Å². The molecule has 0 aliphatic carbocycles. The van der Waals surface area contributed by atoms with Crippen molar-refractivity contribution in [2.75, 3.05) is 7.05 Å². The van der Waals surface area contributed by atoms with E-state index in [9.17, 15) is 4.79 Å². The number of ketones is 1. The standard InChI is InChI=1S/C21H30ClNO/c1-7-15(3)20(16-9-11-17(22)12-10-16)18(14-23-6)19(24)13-21(4,5)8-2/h7,9-12,14,20,23H,8,13H2,1-6H3/b15-7+,18-14-. The third-order valence-electron chi connectivity index (χ3n) is 4.64. The Morgan fingerprint density at radius 1 is 1.29 bits per heavy atom. The fourth-order valence-corrected chi connectivity index (χ4v) is 2.78. The van der Waals surface area contributed by atoms with E-state index in [-0.39, 0.29) is 17.1 Å². The summed E-state index contributed by atoms with van der Waals surface area (Å²) >= 11 is 6.03. The lowest BCUT2D eigenvalue weighted by molar-refractivity contribution is -0.117. The van der Waals surface area contributed by atoms with Crippen molar-refractivity contribution >= 4 is 17.4 Å². The second-order valence-corrected chi connectivity index (χ2v) is 7.46. The monoisotopic (exact) mass is 347 g/mol. The number of carbonyl (C=O) groups excluding carboxylic acids is 1. The number of hydrogen-bond donors (Lipinski definition) is 1. The van der Waals surface area contributed by atoms with E-state index in [2.05, 4.69) is 39.1 Å². The van der Waals surface area contributed by atoms with Gasteiger partial charge < -0.3 is 5.32 Å². The predicted molar refractivity (Wildman–Crippen MR) is 104 cm³/mol. The lowest BCUT2D eigenvalue weighted by Gasteiger charge is -2.26. The zero-order chi connectivity index (χ0) is 18.3. The molecule has 0 heterocycles. The van der Waals surface area contributed by atoms with Crippen LogP contribution in [-0.2, 0) is 4.79 Å². The van der Waals surface area contributed by atoms with E-state index in [4.69, 9.17) is 11.6 Å². The molecular formula is C21H30ClNO. The molecule has 0 spiro atoms. The van der Waals surface area contributed by atoms with Gasteiger partial charge in [0, 0.05) is 36.2 Å². The average Bonchev–Trinajstić information content (AvgIpc) is 2.55. The van der Waals surface area contributed by atoms with Gasteiger partial charge in [0.25, 0.3) is 0 Å². The molecule has 0 aliphatic heterocycles. The van der Waals surface area contributed by atoms with E-state index < -0.39 is 0 Å². The normalized spacial score (nSPS) is 14.5. The summed E-state index contributed by atoms with van der Waals surface area (Å²) in [6.07, 6.45) is 5.43. The van der Waals surface area contributed by atoms with Crippen molar-refractivity contribution in [3.63, 3.8) is 0 Å². The third kappa shape index (κ3) is 5.52. The van der Waals surface area contributed by atoms with Gasteiger partial charge in [0.2, 0.25) is 0 Å². The average molecular weight is 348 g/mol. The van der Waals surface area contributed by atoms with Crippen LogP contribution in [0.15, 0.2) is 47.7 Å². The largest absolute Gasteiger partial charge is 0.394 e. The van der Waals surface area contributed by atoms with Crippen LogP contribution in [0.4, 0.5) is 0 Å². The van der Waals surface area contributed by atoms with Crippen LogP contribution in [-0.4, -0.2) is 12.8 Å². The second-order valence-electron chi connectivity index (χ2n) is 7.02. The molecule has 0 saturated carbocycles. The Kier molecular flexibility index (Phi) is 7.75. The molecule has 0 fully saturated rings. The van der Waals surface area contributed by atoms with E-state index in [1.807, 2.05) is 44.4 Å². The minimum absolute atomic E-state index is 0.00169. The van der Waals surface area contributed by atoms with Gasteiger partial charge in [-0.2, -0.15) is 0 Å². The second kappa shape index (κ2) is 9.08. The van der Waals surface area contributed by atoms with Gasteiger partial charge in [0.1, 0.15) is 0 Å². The predicted octanol–water partition coefficient (Wildman–Crippen LogP) is 5.89. The molecular weight excluding hydrogens is 318 g/mol. The maximum absolute atomic E-state index is 13.0. The van der Waals surface area contributed by atoms with E-state index in [0.717, 1.165) is 23.1 Å². The van der Waals surface area contributed by atoms with Gasteiger partial charge in [-0.15, -0.1) is 0 Å². The summed E-state index contributed by atoms with van der Waals surface area (Å²) in [5.74, 6) is 0.136. The number of allylic oxidation sites excluding steroid dienone is 3. The molecule has 1 atom stereocenters. The molecule has 1 unspecified atom stereocenters. The molecule has 2 nitrogen and oxygen atoms in total. The quantitative estimate of drug-likeness (QED) is 0.469. The van der Waals surface area contributed by atoms with Crippen LogP contribution >= 0.6 is 11.6 Å². The van der Waals surface area contributed by atoms with E-state index in [0.29, 0.717) is 11.4 Å². The Bertz CT molecular complexity index is 611. The molecule has 1 N–H and O–H groups in total. The zero-order valence-electron chi connectivity index (χ0n) is 15.7. The smallest absolute Gasteiger partial charge is 0.161 e. The number of benzene rings is 1. The van der Waals surface area contributed by atoms with Crippen LogP contribution in [0, 0.1) is 5.41 Å². The van der Waals surface area contributed by atoms with Gasteiger partial charge in [-0.25, -0.2) is 0 Å². The number of nitrogens with one attached hydrogen (secondary N) is 1. The fourth-order valence-electron chi connectivity index (χ4n) is 2.65. The van der Waals surface area contributed by atoms with Crippen LogP contribution in [0.3, 0.4) is 0 Å². The number of hydrogen-bond acceptors (Lipinski definition) is 2. The van der Waals surface area contributed by atoms with Gasteiger partial charge in [-0.1, -0.05) is 62.6 Å². The molecule has 24 heavy (non-hydrogen) atoms. The summed E-state index contributed by atoms with van der Waals surface area (Å²) in [5, 5.41) is 3.76. The highest BCUT2D eigenvalue weighted by atomic mass is 35.5. The Hall–Kier alpha value is -1.54. The van der Waals surface area contributed by atoms with E-state index in [1.54, 1.807) is 0 Å². The highest BCUT2D eigenvalue weighted by Crippen LogP contribution is 2.36. The Morgan fingerprint density at radius 2 is 1.88 bits per heavy atom. The van der Waals surface area contributed by atoms with Gasteiger partial charge in [0.15, 0.2) is 5.78 Å². The Labute approximate surface area is 152 Å². The Morgan fingerprint density at radius 3 is 2.33 bits per heavy atom. The summed E-state index contributed by atoms with van der Waals surface area (Å²) in [7, 11) is 1.84. The summed E-state index contributed by atoms with van der Waals surface area (Å²) < 4.78 is 0. The first-order valence-electron chi connectivity index (χ1n) is 8.54. The van der Waals surface area contributed by atoms with Gasteiger partial charge in [-0.3, -0.25) is 4.79 Å². The SMILES string of the molecule is C/C=C(\C)C(/C(=C\NC)C(=O)CC(C)(C)CC)c1ccc(Cl)cc1. The molecule has 1 aromatic carbocycles. The first kappa shape index (κ1) is 20.5. The van der Waals surface area contributed by atoms with Gasteiger partial charge >= 0.3 is 0 Å². The maximum Gasteiger partial charge on any atom is 0.161 e.